The third-order valence-corrected chi connectivity index (χ3v) is 4.81. The molecule has 1 N–H and O–H groups in total. The third kappa shape index (κ3) is 4.01. The van der Waals surface area contributed by atoms with Gasteiger partial charge in [-0.05, 0) is 53.9 Å². The van der Waals surface area contributed by atoms with Crippen molar-refractivity contribution in [3.63, 3.8) is 0 Å². The van der Waals surface area contributed by atoms with Gasteiger partial charge in [-0.15, -0.1) is 6.58 Å². The van der Waals surface area contributed by atoms with E-state index >= 15 is 0 Å². The first-order valence-electron chi connectivity index (χ1n) is 9.09. The molecule has 0 radical (unpaired) electrons. The highest BCUT2D eigenvalue weighted by Crippen LogP contribution is 2.33. The maximum absolute atomic E-state index is 12.9. The molecule has 0 saturated carbocycles. The Hall–Kier alpha value is -3.28. The van der Waals surface area contributed by atoms with Crippen molar-refractivity contribution in [3.05, 3.63) is 71.3 Å². The van der Waals surface area contributed by atoms with Gasteiger partial charge in [0.05, 0.1) is 14.2 Å². The number of methoxy groups -OCH3 is 2. The van der Waals surface area contributed by atoms with Crippen molar-refractivity contribution in [1.82, 2.24) is 10.2 Å². The summed E-state index contributed by atoms with van der Waals surface area (Å²) in [4.78, 5) is 26.7. The van der Waals surface area contributed by atoms with Crippen molar-refractivity contribution >= 4 is 11.8 Å². The van der Waals surface area contributed by atoms with Gasteiger partial charge in [0, 0.05) is 30.8 Å². The fourth-order valence-electron chi connectivity index (χ4n) is 3.27. The number of nitrogens with zero attached hydrogens (tertiary/aromatic N) is 1. The van der Waals surface area contributed by atoms with Crippen molar-refractivity contribution in [2.24, 2.45) is 0 Å². The van der Waals surface area contributed by atoms with Crippen LogP contribution in [-0.4, -0.2) is 44.0 Å². The first-order valence-corrected chi connectivity index (χ1v) is 9.09. The first-order chi connectivity index (χ1) is 13.6. The molecule has 3 rings (SSSR count). The maximum atomic E-state index is 12.9. The zero-order valence-corrected chi connectivity index (χ0v) is 16.2. The zero-order valence-electron chi connectivity index (χ0n) is 16.2. The van der Waals surface area contributed by atoms with Gasteiger partial charge in [0.1, 0.15) is 0 Å². The van der Waals surface area contributed by atoms with Crippen LogP contribution >= 0.6 is 0 Å². The molecule has 0 aliphatic carbocycles. The molecule has 2 amide bonds. The van der Waals surface area contributed by atoms with Crippen LogP contribution in [0, 0.1) is 0 Å². The molecule has 1 heterocycles. The number of amides is 2. The minimum absolute atomic E-state index is 0.0570. The number of fused-ring (bicyclic) bond motifs is 1. The lowest BCUT2D eigenvalue weighted by molar-refractivity contribution is 0.0734. The summed E-state index contributed by atoms with van der Waals surface area (Å²) in [6, 6.07) is 10.6. The van der Waals surface area contributed by atoms with Crippen LogP contribution in [0.1, 0.15) is 31.8 Å². The molecule has 6 nitrogen and oxygen atoms in total. The summed E-state index contributed by atoms with van der Waals surface area (Å²) in [7, 11) is 3.22. The van der Waals surface area contributed by atoms with Crippen molar-refractivity contribution < 1.29 is 19.1 Å². The molecule has 1 aliphatic rings. The second-order valence-corrected chi connectivity index (χ2v) is 6.53. The summed E-state index contributed by atoms with van der Waals surface area (Å²) in [5, 5.41) is 2.72. The number of rotatable bonds is 6. The van der Waals surface area contributed by atoms with Gasteiger partial charge in [-0.1, -0.05) is 6.08 Å². The van der Waals surface area contributed by atoms with Gasteiger partial charge in [0.15, 0.2) is 11.5 Å². The van der Waals surface area contributed by atoms with Crippen molar-refractivity contribution in [3.8, 4) is 11.5 Å². The summed E-state index contributed by atoms with van der Waals surface area (Å²) < 4.78 is 10.7. The molecule has 6 heteroatoms. The van der Waals surface area contributed by atoms with Crippen LogP contribution in [0.15, 0.2) is 49.1 Å². The van der Waals surface area contributed by atoms with Crippen LogP contribution in [-0.2, 0) is 13.0 Å². The van der Waals surface area contributed by atoms with Gasteiger partial charge in [0.25, 0.3) is 11.8 Å². The smallest absolute Gasteiger partial charge is 0.254 e. The Morgan fingerprint density at radius 3 is 2.29 bits per heavy atom. The summed E-state index contributed by atoms with van der Waals surface area (Å²) in [6.45, 7) is 5.11. The molecule has 2 aromatic rings. The largest absolute Gasteiger partial charge is 0.493 e. The summed E-state index contributed by atoms with van der Waals surface area (Å²) in [6.07, 6.45) is 2.37. The van der Waals surface area contributed by atoms with E-state index < -0.39 is 0 Å². The second-order valence-electron chi connectivity index (χ2n) is 6.53. The van der Waals surface area contributed by atoms with E-state index in [-0.39, 0.29) is 11.8 Å². The standard InChI is InChI=1S/C22H24N2O4/c1-4-10-23-21(25)15-5-7-16(8-6-15)22(26)24-11-9-17-12-19(27-2)20(28-3)13-18(17)14-24/h4-8,12-13H,1,9-11,14H2,2-3H3,(H,23,25). The summed E-state index contributed by atoms with van der Waals surface area (Å²) in [5.41, 5.74) is 3.29. The Morgan fingerprint density at radius 2 is 1.68 bits per heavy atom. The van der Waals surface area contributed by atoms with Crippen LogP contribution < -0.4 is 14.8 Å². The Balaban J connectivity index is 1.74. The topological polar surface area (TPSA) is 67.9 Å². The Kier molecular flexibility index (Phi) is 5.99. The van der Waals surface area contributed by atoms with Crippen LogP contribution in [0.4, 0.5) is 0 Å². The van der Waals surface area contributed by atoms with E-state index in [1.807, 2.05) is 12.1 Å². The minimum Gasteiger partial charge on any atom is -0.493 e. The molecule has 1 aliphatic heterocycles. The molecular formula is C22H24N2O4. The van der Waals surface area contributed by atoms with Gasteiger partial charge < -0.3 is 19.7 Å². The highest BCUT2D eigenvalue weighted by Gasteiger charge is 2.24. The summed E-state index contributed by atoms with van der Waals surface area (Å²) >= 11 is 0. The predicted molar refractivity (Wildman–Crippen MR) is 107 cm³/mol. The quantitative estimate of drug-likeness (QED) is 0.783. The Bertz CT molecular complexity index is 890. The average Bonchev–Trinajstić information content (AvgIpc) is 2.75. The van der Waals surface area contributed by atoms with Gasteiger partial charge >= 0.3 is 0 Å². The lowest BCUT2D eigenvalue weighted by atomic mass is 9.98. The van der Waals surface area contributed by atoms with Gasteiger partial charge in [-0.2, -0.15) is 0 Å². The zero-order chi connectivity index (χ0) is 20.1. The van der Waals surface area contributed by atoms with Crippen molar-refractivity contribution in [2.45, 2.75) is 13.0 Å². The lowest BCUT2D eigenvalue weighted by Gasteiger charge is -2.29. The predicted octanol–water partition coefficient (Wildman–Crippen LogP) is 2.82. The fraction of sp³-hybridized carbons (Fsp3) is 0.273. The van der Waals surface area contributed by atoms with Crippen molar-refractivity contribution in [1.29, 1.82) is 0 Å². The Labute approximate surface area is 164 Å². The fourth-order valence-corrected chi connectivity index (χ4v) is 3.27. The molecule has 0 saturated heterocycles. The van der Waals surface area contributed by atoms with Crippen LogP contribution in [0.3, 0.4) is 0 Å². The van der Waals surface area contributed by atoms with Crippen LogP contribution in [0.5, 0.6) is 11.5 Å². The molecule has 0 unspecified atom stereocenters. The average molecular weight is 380 g/mol. The third-order valence-electron chi connectivity index (χ3n) is 4.81. The summed E-state index contributed by atoms with van der Waals surface area (Å²) in [5.74, 6) is 1.11. The number of nitrogens with one attached hydrogen (secondary N) is 1. The number of hydrogen-bond acceptors (Lipinski definition) is 4. The van der Waals surface area contributed by atoms with E-state index in [2.05, 4.69) is 11.9 Å². The van der Waals surface area contributed by atoms with E-state index in [1.165, 1.54) is 0 Å². The van der Waals surface area contributed by atoms with E-state index in [4.69, 9.17) is 9.47 Å². The normalized spacial score (nSPS) is 12.7. The van der Waals surface area contributed by atoms with Gasteiger partial charge in [0.2, 0.25) is 0 Å². The monoisotopic (exact) mass is 380 g/mol. The molecule has 146 valence electrons. The molecule has 0 spiro atoms. The lowest BCUT2D eigenvalue weighted by Crippen LogP contribution is -2.36. The van der Waals surface area contributed by atoms with Crippen LogP contribution in [0.2, 0.25) is 0 Å². The molecular weight excluding hydrogens is 356 g/mol. The molecule has 28 heavy (non-hydrogen) atoms. The minimum atomic E-state index is -0.188. The molecule has 0 fully saturated rings. The number of benzene rings is 2. The number of hydrogen-bond donors (Lipinski definition) is 1. The molecule has 0 atom stereocenters. The molecule has 2 aromatic carbocycles. The first kappa shape index (κ1) is 19.5. The van der Waals surface area contributed by atoms with E-state index in [9.17, 15) is 9.59 Å². The Morgan fingerprint density at radius 1 is 1.07 bits per heavy atom. The van der Waals surface area contributed by atoms with E-state index in [1.54, 1.807) is 49.5 Å². The highest BCUT2D eigenvalue weighted by atomic mass is 16.5. The molecule has 0 aromatic heterocycles. The van der Waals surface area contributed by atoms with Crippen LogP contribution in [0.25, 0.3) is 0 Å². The second kappa shape index (κ2) is 8.61. The van der Waals surface area contributed by atoms with Crippen molar-refractivity contribution in [2.75, 3.05) is 27.3 Å². The van der Waals surface area contributed by atoms with E-state index in [0.717, 1.165) is 17.5 Å². The highest BCUT2D eigenvalue weighted by molar-refractivity contribution is 5.98. The van der Waals surface area contributed by atoms with Gasteiger partial charge in [-0.3, -0.25) is 9.59 Å². The van der Waals surface area contributed by atoms with Gasteiger partial charge in [-0.25, -0.2) is 0 Å². The number of ether oxygens (including phenoxy) is 2. The molecule has 0 bridgehead atoms. The maximum Gasteiger partial charge on any atom is 0.254 e. The number of carbonyl (C=O) groups excluding carboxylic acids is 2. The SMILES string of the molecule is C=CCNC(=O)c1ccc(C(=O)N2CCc3cc(OC)c(OC)cc3C2)cc1. The number of carbonyl (C=O) groups is 2. The van der Waals surface area contributed by atoms with E-state index in [0.29, 0.717) is 42.3 Å².